The summed E-state index contributed by atoms with van der Waals surface area (Å²) in [6, 6.07) is 0. The standard InChI is InChI=1S/C12H24O3/c1-3-4-5-6-7-8-9-12(10-13)15-11(2)14/h12-13H,3-10H2,1-2H3. The highest BCUT2D eigenvalue weighted by molar-refractivity contribution is 5.66. The minimum absolute atomic E-state index is 0.0610. The van der Waals surface area contributed by atoms with Crippen molar-refractivity contribution in [3.8, 4) is 0 Å². The minimum atomic E-state index is -0.306. The predicted octanol–water partition coefficient (Wildman–Crippen LogP) is 2.66. The lowest BCUT2D eigenvalue weighted by atomic mass is 10.1. The monoisotopic (exact) mass is 216 g/mol. The molecule has 0 radical (unpaired) electrons. The molecule has 1 atom stereocenters. The normalized spacial score (nSPS) is 12.5. The zero-order valence-corrected chi connectivity index (χ0v) is 10.00. The molecule has 0 saturated carbocycles. The van der Waals surface area contributed by atoms with Crippen molar-refractivity contribution in [1.82, 2.24) is 0 Å². The van der Waals surface area contributed by atoms with E-state index in [1.165, 1.54) is 32.6 Å². The lowest BCUT2D eigenvalue weighted by molar-refractivity contribution is -0.148. The van der Waals surface area contributed by atoms with Crippen LogP contribution in [0.25, 0.3) is 0 Å². The molecule has 0 aromatic rings. The predicted molar refractivity (Wildman–Crippen MR) is 60.6 cm³/mol. The maximum absolute atomic E-state index is 10.7. The van der Waals surface area contributed by atoms with E-state index in [4.69, 9.17) is 9.84 Å². The van der Waals surface area contributed by atoms with Gasteiger partial charge in [0.25, 0.3) is 0 Å². The summed E-state index contributed by atoms with van der Waals surface area (Å²) in [6.07, 6.45) is 7.76. The lowest BCUT2D eigenvalue weighted by Gasteiger charge is -2.13. The molecule has 90 valence electrons. The molecule has 1 unspecified atom stereocenters. The first-order valence-electron chi connectivity index (χ1n) is 5.98. The summed E-state index contributed by atoms with van der Waals surface area (Å²) in [6.45, 7) is 3.51. The first-order chi connectivity index (χ1) is 7.20. The van der Waals surface area contributed by atoms with Crippen LogP contribution in [0, 0.1) is 0 Å². The third-order valence-corrected chi connectivity index (χ3v) is 2.42. The van der Waals surface area contributed by atoms with Crippen LogP contribution in [0.5, 0.6) is 0 Å². The first-order valence-corrected chi connectivity index (χ1v) is 5.98. The Morgan fingerprint density at radius 3 is 2.33 bits per heavy atom. The average Bonchev–Trinajstić information content (AvgIpc) is 2.20. The van der Waals surface area contributed by atoms with Crippen LogP contribution in [0.15, 0.2) is 0 Å². The molecule has 0 saturated heterocycles. The number of aliphatic hydroxyl groups is 1. The Hall–Kier alpha value is -0.570. The number of esters is 1. The Morgan fingerprint density at radius 1 is 1.20 bits per heavy atom. The number of unbranched alkanes of at least 4 members (excludes halogenated alkanes) is 5. The number of aliphatic hydroxyl groups excluding tert-OH is 1. The summed E-state index contributed by atoms with van der Waals surface area (Å²) in [5.74, 6) is -0.306. The molecule has 0 fully saturated rings. The van der Waals surface area contributed by atoms with Crippen molar-refractivity contribution in [2.75, 3.05) is 6.61 Å². The molecule has 15 heavy (non-hydrogen) atoms. The molecular formula is C12H24O3. The zero-order valence-electron chi connectivity index (χ0n) is 10.00. The van der Waals surface area contributed by atoms with Gasteiger partial charge in [-0.2, -0.15) is 0 Å². The summed E-state index contributed by atoms with van der Waals surface area (Å²) < 4.78 is 4.94. The Kier molecular flexibility index (Phi) is 9.59. The molecule has 0 rings (SSSR count). The van der Waals surface area contributed by atoms with Crippen LogP contribution < -0.4 is 0 Å². The van der Waals surface area contributed by atoms with Crippen molar-refractivity contribution in [2.45, 2.75) is 64.9 Å². The van der Waals surface area contributed by atoms with E-state index in [0.29, 0.717) is 0 Å². The zero-order chi connectivity index (χ0) is 11.5. The minimum Gasteiger partial charge on any atom is -0.460 e. The number of hydrogen-bond donors (Lipinski definition) is 1. The van der Waals surface area contributed by atoms with Crippen LogP contribution in [0.1, 0.15) is 58.8 Å². The molecule has 0 heterocycles. The molecule has 0 aromatic heterocycles. The number of hydrogen-bond acceptors (Lipinski definition) is 3. The van der Waals surface area contributed by atoms with Crippen LogP contribution in [-0.4, -0.2) is 23.8 Å². The first kappa shape index (κ1) is 14.4. The van der Waals surface area contributed by atoms with E-state index in [1.807, 2.05) is 0 Å². The van der Waals surface area contributed by atoms with Crippen LogP contribution in [-0.2, 0) is 9.53 Å². The lowest BCUT2D eigenvalue weighted by Crippen LogP contribution is -2.20. The summed E-state index contributed by atoms with van der Waals surface area (Å²) in [4.78, 5) is 10.7. The van der Waals surface area contributed by atoms with Gasteiger partial charge in [0.15, 0.2) is 0 Å². The average molecular weight is 216 g/mol. The Labute approximate surface area is 92.8 Å². The van der Waals surface area contributed by atoms with Crippen LogP contribution in [0.2, 0.25) is 0 Å². The second-order valence-electron chi connectivity index (χ2n) is 3.97. The van der Waals surface area contributed by atoms with Gasteiger partial charge >= 0.3 is 5.97 Å². The fourth-order valence-electron chi connectivity index (χ4n) is 1.57. The number of ether oxygens (including phenoxy) is 1. The van der Waals surface area contributed by atoms with Crippen molar-refractivity contribution in [3.63, 3.8) is 0 Å². The molecule has 3 heteroatoms. The summed E-state index contributed by atoms with van der Waals surface area (Å²) in [5.41, 5.74) is 0. The molecule has 0 bridgehead atoms. The van der Waals surface area contributed by atoms with Gasteiger partial charge in [0.1, 0.15) is 6.10 Å². The van der Waals surface area contributed by atoms with E-state index in [9.17, 15) is 4.79 Å². The maximum Gasteiger partial charge on any atom is 0.302 e. The molecule has 0 aliphatic heterocycles. The smallest absolute Gasteiger partial charge is 0.302 e. The SMILES string of the molecule is CCCCCCCCC(CO)OC(C)=O. The van der Waals surface area contributed by atoms with E-state index in [0.717, 1.165) is 19.3 Å². The highest BCUT2D eigenvalue weighted by Gasteiger charge is 2.09. The Morgan fingerprint density at radius 2 is 1.80 bits per heavy atom. The fourth-order valence-corrected chi connectivity index (χ4v) is 1.57. The quantitative estimate of drug-likeness (QED) is 0.476. The highest BCUT2D eigenvalue weighted by atomic mass is 16.5. The molecule has 3 nitrogen and oxygen atoms in total. The number of carbonyl (C=O) groups is 1. The van der Waals surface area contributed by atoms with Crippen molar-refractivity contribution in [1.29, 1.82) is 0 Å². The van der Waals surface area contributed by atoms with Crippen molar-refractivity contribution in [2.24, 2.45) is 0 Å². The molecular weight excluding hydrogens is 192 g/mol. The Bertz CT molecular complexity index is 157. The summed E-state index contributed by atoms with van der Waals surface area (Å²) in [7, 11) is 0. The van der Waals surface area contributed by atoms with E-state index in [2.05, 4.69) is 6.92 Å². The van der Waals surface area contributed by atoms with Crippen LogP contribution in [0.4, 0.5) is 0 Å². The fraction of sp³-hybridized carbons (Fsp3) is 0.917. The summed E-state index contributed by atoms with van der Waals surface area (Å²) in [5, 5.41) is 8.94. The van der Waals surface area contributed by atoms with Gasteiger partial charge in [-0.1, -0.05) is 39.0 Å². The van der Waals surface area contributed by atoms with Gasteiger partial charge in [-0.25, -0.2) is 0 Å². The van der Waals surface area contributed by atoms with Gasteiger partial charge in [0.2, 0.25) is 0 Å². The highest BCUT2D eigenvalue weighted by Crippen LogP contribution is 2.10. The van der Waals surface area contributed by atoms with Gasteiger partial charge in [0, 0.05) is 6.92 Å². The summed E-state index contributed by atoms with van der Waals surface area (Å²) >= 11 is 0. The molecule has 0 spiro atoms. The van der Waals surface area contributed by atoms with Gasteiger partial charge in [-0.3, -0.25) is 4.79 Å². The van der Waals surface area contributed by atoms with E-state index >= 15 is 0 Å². The Balaban J connectivity index is 3.34. The van der Waals surface area contributed by atoms with Gasteiger partial charge < -0.3 is 9.84 Å². The maximum atomic E-state index is 10.7. The molecule has 0 aliphatic rings. The van der Waals surface area contributed by atoms with E-state index in [1.54, 1.807) is 0 Å². The molecule has 0 amide bonds. The van der Waals surface area contributed by atoms with Gasteiger partial charge in [-0.15, -0.1) is 0 Å². The molecule has 0 aliphatic carbocycles. The largest absolute Gasteiger partial charge is 0.460 e. The molecule has 0 aromatic carbocycles. The van der Waals surface area contributed by atoms with Crippen LogP contribution in [0.3, 0.4) is 0 Å². The third kappa shape index (κ3) is 9.73. The second-order valence-corrected chi connectivity index (χ2v) is 3.97. The topological polar surface area (TPSA) is 46.5 Å². The number of carbonyl (C=O) groups excluding carboxylic acids is 1. The van der Waals surface area contributed by atoms with E-state index < -0.39 is 0 Å². The molecule has 1 N–H and O–H groups in total. The van der Waals surface area contributed by atoms with Gasteiger partial charge in [-0.05, 0) is 12.8 Å². The number of rotatable bonds is 9. The van der Waals surface area contributed by atoms with Gasteiger partial charge in [0.05, 0.1) is 6.61 Å². The van der Waals surface area contributed by atoms with Crippen molar-refractivity contribution < 1.29 is 14.6 Å². The van der Waals surface area contributed by atoms with E-state index in [-0.39, 0.29) is 18.7 Å². The van der Waals surface area contributed by atoms with Crippen molar-refractivity contribution >= 4 is 5.97 Å². The second kappa shape index (κ2) is 9.97. The third-order valence-electron chi connectivity index (χ3n) is 2.42. The van der Waals surface area contributed by atoms with Crippen LogP contribution >= 0.6 is 0 Å². The van der Waals surface area contributed by atoms with Crippen molar-refractivity contribution in [3.05, 3.63) is 0 Å².